The molecule has 23 heavy (non-hydrogen) atoms. The molecule has 1 amide bonds. The second kappa shape index (κ2) is 7.49. The van der Waals surface area contributed by atoms with Crippen LogP contribution in [0.3, 0.4) is 0 Å². The molecular weight excluding hydrogens is 290 g/mol. The molecule has 0 bridgehead atoms. The number of hydrogen-bond donors (Lipinski definition) is 2. The molecule has 5 nitrogen and oxygen atoms in total. The van der Waals surface area contributed by atoms with Gasteiger partial charge in [0, 0.05) is 31.9 Å². The van der Waals surface area contributed by atoms with Crippen molar-refractivity contribution in [3.8, 4) is 0 Å². The Hall–Kier alpha value is -1.33. The van der Waals surface area contributed by atoms with Crippen molar-refractivity contribution in [1.82, 2.24) is 14.8 Å². The van der Waals surface area contributed by atoms with Crippen molar-refractivity contribution in [2.45, 2.75) is 32.6 Å². The van der Waals surface area contributed by atoms with Gasteiger partial charge in [-0.1, -0.05) is 6.92 Å². The van der Waals surface area contributed by atoms with E-state index in [-0.39, 0.29) is 18.4 Å². The predicted octanol–water partition coefficient (Wildman–Crippen LogP) is 1.74. The fourth-order valence-electron chi connectivity index (χ4n) is 4.02. The summed E-state index contributed by atoms with van der Waals surface area (Å²) in [6.07, 6.45) is 4.52. The van der Waals surface area contributed by atoms with Crippen molar-refractivity contribution in [2.75, 3.05) is 39.3 Å². The lowest BCUT2D eigenvalue weighted by molar-refractivity contribution is 0.0461. The van der Waals surface area contributed by atoms with Crippen LogP contribution in [0.25, 0.3) is 0 Å². The number of rotatable bonds is 5. The summed E-state index contributed by atoms with van der Waals surface area (Å²) in [5.74, 6) is 0.763. The van der Waals surface area contributed by atoms with E-state index in [9.17, 15) is 9.90 Å². The molecule has 2 fully saturated rings. The zero-order valence-electron chi connectivity index (χ0n) is 14.1. The first-order valence-corrected chi connectivity index (χ1v) is 9.00. The molecule has 128 valence electrons. The topological polar surface area (TPSA) is 59.6 Å². The number of aliphatic hydroxyl groups is 1. The lowest BCUT2D eigenvalue weighted by Gasteiger charge is -2.38. The average Bonchev–Trinajstić information content (AvgIpc) is 3.25. The van der Waals surface area contributed by atoms with E-state index in [1.807, 2.05) is 17.0 Å². The maximum atomic E-state index is 12.8. The predicted molar refractivity (Wildman–Crippen MR) is 90.4 cm³/mol. The van der Waals surface area contributed by atoms with Crippen LogP contribution in [0.15, 0.2) is 12.1 Å². The van der Waals surface area contributed by atoms with Crippen LogP contribution in [0.5, 0.6) is 0 Å². The monoisotopic (exact) mass is 319 g/mol. The Bertz CT molecular complexity index is 522. The third kappa shape index (κ3) is 3.96. The molecule has 0 aliphatic carbocycles. The molecule has 2 N–H and O–H groups in total. The molecule has 5 heteroatoms. The number of hydrogen-bond acceptors (Lipinski definition) is 3. The van der Waals surface area contributed by atoms with Crippen LogP contribution >= 0.6 is 0 Å². The highest BCUT2D eigenvalue weighted by atomic mass is 16.3. The lowest BCUT2D eigenvalue weighted by Crippen LogP contribution is -2.47. The summed E-state index contributed by atoms with van der Waals surface area (Å²) >= 11 is 0. The number of aromatic nitrogens is 1. The number of aliphatic hydroxyl groups excluding tert-OH is 1. The van der Waals surface area contributed by atoms with Gasteiger partial charge in [0.2, 0.25) is 0 Å². The standard InChI is InChI=1S/C18H29N3O2/c1-2-16-5-6-17(19-16)18(23)21-11-14(9-15(12-21)13-22)10-20-7-3-4-8-20/h5-6,14-15,19,22H,2-4,7-13H2,1H3/t14-,15-/m1/s1. The van der Waals surface area contributed by atoms with Gasteiger partial charge >= 0.3 is 0 Å². The summed E-state index contributed by atoms with van der Waals surface area (Å²) in [4.78, 5) is 20.4. The highest BCUT2D eigenvalue weighted by Gasteiger charge is 2.32. The van der Waals surface area contributed by atoms with Gasteiger partial charge in [-0.25, -0.2) is 0 Å². The van der Waals surface area contributed by atoms with Gasteiger partial charge in [-0.05, 0) is 62.7 Å². The maximum Gasteiger partial charge on any atom is 0.270 e. The highest BCUT2D eigenvalue weighted by Crippen LogP contribution is 2.25. The molecule has 3 heterocycles. The van der Waals surface area contributed by atoms with Crippen molar-refractivity contribution in [3.05, 3.63) is 23.5 Å². The normalized spacial score (nSPS) is 25.9. The van der Waals surface area contributed by atoms with Crippen LogP contribution in [-0.4, -0.2) is 65.1 Å². The van der Waals surface area contributed by atoms with Gasteiger partial charge < -0.3 is 19.9 Å². The molecule has 0 aromatic carbocycles. The largest absolute Gasteiger partial charge is 0.396 e. The van der Waals surface area contributed by atoms with Gasteiger partial charge in [-0.15, -0.1) is 0 Å². The quantitative estimate of drug-likeness (QED) is 0.869. The zero-order chi connectivity index (χ0) is 16.2. The number of nitrogens with zero attached hydrogens (tertiary/aromatic N) is 2. The first-order chi connectivity index (χ1) is 11.2. The van der Waals surface area contributed by atoms with Crippen molar-refractivity contribution in [2.24, 2.45) is 11.8 Å². The van der Waals surface area contributed by atoms with E-state index in [1.165, 1.54) is 25.9 Å². The number of amides is 1. The molecule has 0 saturated carbocycles. The smallest absolute Gasteiger partial charge is 0.270 e. The maximum absolute atomic E-state index is 12.8. The first kappa shape index (κ1) is 16.5. The van der Waals surface area contributed by atoms with Gasteiger partial charge in [0.25, 0.3) is 5.91 Å². The molecule has 0 radical (unpaired) electrons. The summed E-state index contributed by atoms with van der Waals surface area (Å²) in [7, 11) is 0. The van der Waals surface area contributed by atoms with E-state index >= 15 is 0 Å². The summed E-state index contributed by atoms with van der Waals surface area (Å²) in [6, 6.07) is 3.88. The molecule has 2 atom stereocenters. The number of piperidine rings is 1. The first-order valence-electron chi connectivity index (χ1n) is 9.00. The molecular formula is C18H29N3O2. The zero-order valence-corrected chi connectivity index (χ0v) is 14.1. The molecule has 0 spiro atoms. The van der Waals surface area contributed by atoms with E-state index in [4.69, 9.17) is 0 Å². The minimum Gasteiger partial charge on any atom is -0.396 e. The molecule has 2 aliphatic heterocycles. The number of carbonyl (C=O) groups excluding carboxylic acids is 1. The fourth-order valence-corrected chi connectivity index (χ4v) is 4.02. The van der Waals surface area contributed by atoms with Crippen molar-refractivity contribution in [1.29, 1.82) is 0 Å². The summed E-state index contributed by atoms with van der Waals surface area (Å²) in [6.45, 7) is 7.17. The van der Waals surface area contributed by atoms with Gasteiger partial charge in [-0.3, -0.25) is 4.79 Å². The fraction of sp³-hybridized carbons (Fsp3) is 0.722. The molecule has 1 aromatic rings. The van der Waals surface area contributed by atoms with Crippen molar-refractivity contribution >= 4 is 5.91 Å². The van der Waals surface area contributed by atoms with Crippen LogP contribution in [-0.2, 0) is 6.42 Å². The number of nitrogens with one attached hydrogen (secondary N) is 1. The summed E-state index contributed by atoms with van der Waals surface area (Å²) in [5, 5.41) is 9.62. The van der Waals surface area contributed by atoms with Gasteiger partial charge in [-0.2, -0.15) is 0 Å². The summed E-state index contributed by atoms with van der Waals surface area (Å²) < 4.78 is 0. The average molecular weight is 319 g/mol. The minimum absolute atomic E-state index is 0.0780. The van der Waals surface area contributed by atoms with E-state index in [0.717, 1.165) is 31.6 Å². The Labute approximate surface area is 138 Å². The van der Waals surface area contributed by atoms with Gasteiger partial charge in [0.05, 0.1) is 0 Å². The Morgan fingerprint density at radius 2 is 2.00 bits per heavy atom. The minimum atomic E-state index is 0.0780. The Morgan fingerprint density at radius 1 is 1.26 bits per heavy atom. The van der Waals surface area contributed by atoms with Crippen LogP contribution in [0.1, 0.15) is 42.4 Å². The number of carbonyl (C=O) groups is 1. The van der Waals surface area contributed by atoms with Crippen LogP contribution in [0, 0.1) is 11.8 Å². The Balaban J connectivity index is 1.65. The van der Waals surface area contributed by atoms with Crippen molar-refractivity contribution < 1.29 is 9.90 Å². The Morgan fingerprint density at radius 3 is 2.65 bits per heavy atom. The summed E-state index contributed by atoms with van der Waals surface area (Å²) in [5.41, 5.74) is 1.78. The molecule has 0 unspecified atom stereocenters. The third-order valence-corrected chi connectivity index (χ3v) is 5.24. The molecule has 1 aromatic heterocycles. The van der Waals surface area contributed by atoms with Crippen LogP contribution in [0.4, 0.5) is 0 Å². The number of aryl methyl sites for hydroxylation is 1. The molecule has 2 aliphatic rings. The number of aromatic amines is 1. The van der Waals surface area contributed by atoms with E-state index < -0.39 is 0 Å². The van der Waals surface area contributed by atoms with E-state index in [0.29, 0.717) is 18.2 Å². The van der Waals surface area contributed by atoms with Gasteiger partial charge in [0.1, 0.15) is 5.69 Å². The number of H-pyrrole nitrogens is 1. The Kier molecular flexibility index (Phi) is 5.38. The molecule has 3 rings (SSSR count). The van der Waals surface area contributed by atoms with E-state index in [1.54, 1.807) is 0 Å². The number of likely N-dealkylation sites (tertiary alicyclic amines) is 2. The third-order valence-electron chi connectivity index (χ3n) is 5.24. The van der Waals surface area contributed by atoms with E-state index in [2.05, 4.69) is 16.8 Å². The second-order valence-electron chi connectivity index (χ2n) is 7.12. The second-order valence-corrected chi connectivity index (χ2v) is 7.12. The molecule has 2 saturated heterocycles. The lowest BCUT2D eigenvalue weighted by atomic mass is 9.89. The highest BCUT2D eigenvalue weighted by molar-refractivity contribution is 5.92. The van der Waals surface area contributed by atoms with Crippen LogP contribution in [0.2, 0.25) is 0 Å². The van der Waals surface area contributed by atoms with Crippen molar-refractivity contribution in [3.63, 3.8) is 0 Å². The van der Waals surface area contributed by atoms with Crippen LogP contribution < -0.4 is 0 Å². The SMILES string of the molecule is CCc1ccc(C(=O)N2C[C@H](CO)C[C@H](CN3CCCC3)C2)[nH]1. The van der Waals surface area contributed by atoms with Gasteiger partial charge in [0.15, 0.2) is 0 Å².